The summed E-state index contributed by atoms with van der Waals surface area (Å²) in [7, 11) is 1.28. The molecule has 24 heavy (non-hydrogen) atoms. The molecule has 132 valence electrons. The number of amides is 1. The summed E-state index contributed by atoms with van der Waals surface area (Å²) < 4.78 is 9.83. The SMILES string of the molecule is COC(=O)c1c(C)[nH]c(C(=O)OCC(=O)N2CCC[C@H](C)C2)c1C. The summed E-state index contributed by atoms with van der Waals surface area (Å²) in [5.41, 5.74) is 1.49. The second-order valence-corrected chi connectivity index (χ2v) is 6.28. The average molecular weight is 336 g/mol. The fourth-order valence-corrected chi connectivity index (χ4v) is 3.07. The Bertz CT molecular complexity index is 650. The largest absolute Gasteiger partial charge is 0.465 e. The van der Waals surface area contributed by atoms with E-state index < -0.39 is 11.9 Å². The zero-order valence-electron chi connectivity index (χ0n) is 14.6. The summed E-state index contributed by atoms with van der Waals surface area (Å²) in [5, 5.41) is 0. The van der Waals surface area contributed by atoms with E-state index in [1.165, 1.54) is 7.11 Å². The topological polar surface area (TPSA) is 88.7 Å². The maximum atomic E-state index is 12.2. The number of hydrogen-bond donors (Lipinski definition) is 1. The molecule has 1 aromatic heterocycles. The minimum Gasteiger partial charge on any atom is -0.465 e. The van der Waals surface area contributed by atoms with E-state index in [1.54, 1.807) is 18.7 Å². The molecule has 1 aliphatic rings. The van der Waals surface area contributed by atoms with Crippen molar-refractivity contribution in [3.05, 3.63) is 22.5 Å². The molecule has 0 radical (unpaired) electrons. The maximum absolute atomic E-state index is 12.2. The number of methoxy groups -OCH3 is 1. The highest BCUT2D eigenvalue weighted by Crippen LogP contribution is 2.20. The van der Waals surface area contributed by atoms with Crippen LogP contribution in [0.15, 0.2) is 0 Å². The van der Waals surface area contributed by atoms with Crippen LogP contribution in [0.1, 0.15) is 51.9 Å². The lowest BCUT2D eigenvalue weighted by atomic mass is 10.0. The molecular formula is C17H24N2O5. The highest BCUT2D eigenvalue weighted by molar-refractivity contribution is 5.99. The van der Waals surface area contributed by atoms with Crippen molar-refractivity contribution in [2.24, 2.45) is 5.92 Å². The molecule has 0 aliphatic carbocycles. The molecule has 2 rings (SSSR count). The van der Waals surface area contributed by atoms with Crippen molar-refractivity contribution in [2.45, 2.75) is 33.6 Å². The van der Waals surface area contributed by atoms with Crippen LogP contribution in [0, 0.1) is 19.8 Å². The van der Waals surface area contributed by atoms with Gasteiger partial charge in [0, 0.05) is 18.8 Å². The molecule has 1 N–H and O–H groups in total. The van der Waals surface area contributed by atoms with E-state index in [4.69, 9.17) is 9.47 Å². The van der Waals surface area contributed by atoms with Gasteiger partial charge in [-0.3, -0.25) is 4.79 Å². The van der Waals surface area contributed by atoms with Gasteiger partial charge in [-0.1, -0.05) is 6.92 Å². The Morgan fingerprint density at radius 3 is 2.58 bits per heavy atom. The molecule has 1 atom stereocenters. The zero-order valence-corrected chi connectivity index (χ0v) is 14.6. The van der Waals surface area contributed by atoms with Gasteiger partial charge in [-0.15, -0.1) is 0 Å². The van der Waals surface area contributed by atoms with Crippen molar-refractivity contribution in [1.82, 2.24) is 9.88 Å². The number of carbonyl (C=O) groups excluding carboxylic acids is 3. The van der Waals surface area contributed by atoms with Crippen LogP contribution < -0.4 is 0 Å². The Morgan fingerprint density at radius 2 is 1.96 bits per heavy atom. The summed E-state index contributed by atoms with van der Waals surface area (Å²) >= 11 is 0. The molecule has 1 fully saturated rings. The molecule has 1 aromatic rings. The minimum absolute atomic E-state index is 0.174. The van der Waals surface area contributed by atoms with Crippen molar-refractivity contribution in [3.8, 4) is 0 Å². The second-order valence-electron chi connectivity index (χ2n) is 6.28. The normalized spacial score (nSPS) is 17.5. The van der Waals surface area contributed by atoms with Gasteiger partial charge in [-0.05, 0) is 38.2 Å². The third kappa shape index (κ3) is 3.77. The van der Waals surface area contributed by atoms with Crippen LogP contribution in [0.4, 0.5) is 0 Å². The van der Waals surface area contributed by atoms with E-state index in [0.717, 1.165) is 12.8 Å². The number of H-pyrrole nitrogens is 1. The van der Waals surface area contributed by atoms with E-state index in [9.17, 15) is 14.4 Å². The summed E-state index contributed by atoms with van der Waals surface area (Å²) in [6.07, 6.45) is 2.08. The number of likely N-dealkylation sites (tertiary alicyclic amines) is 1. The van der Waals surface area contributed by atoms with E-state index in [0.29, 0.717) is 35.8 Å². The molecule has 7 nitrogen and oxygen atoms in total. The molecule has 0 unspecified atom stereocenters. The zero-order chi connectivity index (χ0) is 17.9. The number of aromatic nitrogens is 1. The van der Waals surface area contributed by atoms with Crippen molar-refractivity contribution in [2.75, 3.05) is 26.8 Å². The predicted octanol–water partition coefficient (Wildman–Crippen LogP) is 1.83. The van der Waals surface area contributed by atoms with E-state index in [2.05, 4.69) is 11.9 Å². The lowest BCUT2D eigenvalue weighted by Gasteiger charge is -2.30. The lowest BCUT2D eigenvalue weighted by molar-refractivity contribution is -0.136. The first-order valence-electron chi connectivity index (χ1n) is 8.07. The van der Waals surface area contributed by atoms with Crippen LogP contribution in [0.3, 0.4) is 0 Å². The monoisotopic (exact) mass is 336 g/mol. The van der Waals surface area contributed by atoms with Crippen LogP contribution in [-0.4, -0.2) is 54.5 Å². The van der Waals surface area contributed by atoms with Crippen LogP contribution in [0.25, 0.3) is 0 Å². The predicted molar refractivity (Wildman–Crippen MR) is 86.9 cm³/mol. The second kappa shape index (κ2) is 7.51. The van der Waals surface area contributed by atoms with Gasteiger partial charge in [-0.2, -0.15) is 0 Å². The number of esters is 2. The molecule has 0 aromatic carbocycles. The van der Waals surface area contributed by atoms with Crippen molar-refractivity contribution >= 4 is 17.8 Å². The van der Waals surface area contributed by atoms with Gasteiger partial charge < -0.3 is 19.4 Å². The number of hydrogen-bond acceptors (Lipinski definition) is 5. The van der Waals surface area contributed by atoms with Gasteiger partial charge in [0.1, 0.15) is 5.69 Å². The Kier molecular flexibility index (Phi) is 5.64. The highest BCUT2D eigenvalue weighted by atomic mass is 16.5. The number of nitrogens with zero attached hydrogens (tertiary/aromatic N) is 1. The number of piperidine rings is 1. The van der Waals surface area contributed by atoms with E-state index in [1.807, 2.05) is 0 Å². The van der Waals surface area contributed by atoms with Gasteiger partial charge in [-0.25, -0.2) is 9.59 Å². The molecule has 7 heteroatoms. The minimum atomic E-state index is -0.649. The van der Waals surface area contributed by atoms with Gasteiger partial charge in [0.15, 0.2) is 6.61 Å². The number of aryl methyl sites for hydroxylation is 1. The van der Waals surface area contributed by atoms with Crippen LogP contribution in [-0.2, 0) is 14.3 Å². The maximum Gasteiger partial charge on any atom is 0.355 e. The van der Waals surface area contributed by atoms with E-state index in [-0.39, 0.29) is 18.2 Å². The molecule has 1 saturated heterocycles. The van der Waals surface area contributed by atoms with Gasteiger partial charge in [0.25, 0.3) is 5.91 Å². The van der Waals surface area contributed by atoms with Crippen LogP contribution in [0.5, 0.6) is 0 Å². The molecule has 0 bridgehead atoms. The van der Waals surface area contributed by atoms with Crippen molar-refractivity contribution in [1.29, 1.82) is 0 Å². The summed E-state index contributed by atoms with van der Waals surface area (Å²) in [6.45, 7) is 6.52. The van der Waals surface area contributed by atoms with E-state index >= 15 is 0 Å². The van der Waals surface area contributed by atoms with Crippen molar-refractivity contribution in [3.63, 3.8) is 0 Å². The number of carbonyl (C=O) groups is 3. The summed E-state index contributed by atoms with van der Waals surface area (Å²) in [6, 6.07) is 0. The Morgan fingerprint density at radius 1 is 1.25 bits per heavy atom. The fraction of sp³-hybridized carbons (Fsp3) is 0.588. The third-order valence-electron chi connectivity index (χ3n) is 4.37. The smallest absolute Gasteiger partial charge is 0.355 e. The first kappa shape index (κ1) is 18.0. The first-order chi connectivity index (χ1) is 11.3. The lowest BCUT2D eigenvalue weighted by Crippen LogP contribution is -2.41. The summed E-state index contributed by atoms with van der Waals surface area (Å²) in [5.74, 6) is -0.888. The quantitative estimate of drug-likeness (QED) is 0.848. The first-order valence-corrected chi connectivity index (χ1v) is 8.07. The number of ether oxygens (including phenoxy) is 2. The number of rotatable bonds is 4. The molecule has 2 heterocycles. The fourth-order valence-electron chi connectivity index (χ4n) is 3.07. The molecule has 0 saturated carbocycles. The molecule has 1 amide bonds. The van der Waals surface area contributed by atoms with Crippen LogP contribution in [0.2, 0.25) is 0 Å². The average Bonchev–Trinajstić information content (AvgIpc) is 2.86. The summed E-state index contributed by atoms with van der Waals surface area (Å²) in [4.78, 5) is 40.7. The third-order valence-corrected chi connectivity index (χ3v) is 4.37. The Hall–Kier alpha value is -2.31. The molecular weight excluding hydrogens is 312 g/mol. The Balaban J connectivity index is 2.00. The number of aromatic amines is 1. The Labute approximate surface area is 141 Å². The number of nitrogens with one attached hydrogen (secondary N) is 1. The van der Waals surface area contributed by atoms with Gasteiger partial charge in [0.05, 0.1) is 12.7 Å². The van der Waals surface area contributed by atoms with Gasteiger partial charge >= 0.3 is 11.9 Å². The molecule has 1 aliphatic heterocycles. The highest BCUT2D eigenvalue weighted by Gasteiger charge is 2.25. The standard InChI is InChI=1S/C17H24N2O5/c1-10-6-5-7-19(8-10)13(20)9-24-17(22)15-11(2)14(12(3)18-15)16(21)23-4/h10,18H,5-9H2,1-4H3/t10-/m0/s1. The molecule has 0 spiro atoms. The van der Waals surface area contributed by atoms with Crippen LogP contribution >= 0.6 is 0 Å². The van der Waals surface area contributed by atoms with Gasteiger partial charge in [0.2, 0.25) is 0 Å². The van der Waals surface area contributed by atoms with Crippen molar-refractivity contribution < 1.29 is 23.9 Å².